The molecule has 0 radical (unpaired) electrons. The predicted octanol–water partition coefficient (Wildman–Crippen LogP) is 3.39. The lowest BCUT2D eigenvalue weighted by atomic mass is 10.0. The number of guanidine groups is 1. The molecular formula is C20H33BrN4O2. The second-order valence-electron chi connectivity index (χ2n) is 7.06. The molecule has 0 unspecified atom stereocenters. The van der Waals surface area contributed by atoms with Crippen LogP contribution in [-0.2, 0) is 6.54 Å². The molecule has 1 heterocycles. The molecular weight excluding hydrogens is 408 g/mol. The van der Waals surface area contributed by atoms with Crippen LogP contribution in [0.15, 0.2) is 21.6 Å². The van der Waals surface area contributed by atoms with Crippen molar-refractivity contribution in [3.05, 3.63) is 22.2 Å². The molecule has 0 bridgehead atoms. The maximum Gasteiger partial charge on any atom is 0.191 e. The third-order valence-electron chi connectivity index (χ3n) is 4.86. The SMILES string of the molecule is CCNC(=NCc1cc(Br)c(OC)c(OC)c1)NC1CCN(C(C)C)CC1. The molecule has 1 fully saturated rings. The Hall–Kier alpha value is -1.47. The van der Waals surface area contributed by atoms with E-state index in [1.54, 1.807) is 14.2 Å². The van der Waals surface area contributed by atoms with E-state index in [1.807, 2.05) is 12.1 Å². The lowest BCUT2D eigenvalue weighted by molar-refractivity contribution is 0.167. The molecule has 1 saturated heterocycles. The summed E-state index contributed by atoms with van der Waals surface area (Å²) in [5.41, 5.74) is 1.06. The van der Waals surface area contributed by atoms with Crippen LogP contribution in [0.3, 0.4) is 0 Å². The maximum atomic E-state index is 5.42. The van der Waals surface area contributed by atoms with Crippen LogP contribution in [0, 0.1) is 0 Å². The first kappa shape index (κ1) is 21.8. The summed E-state index contributed by atoms with van der Waals surface area (Å²) < 4.78 is 11.7. The van der Waals surface area contributed by atoms with Gasteiger partial charge in [0, 0.05) is 31.7 Å². The van der Waals surface area contributed by atoms with Gasteiger partial charge in [-0.1, -0.05) is 0 Å². The largest absolute Gasteiger partial charge is 0.493 e. The fourth-order valence-corrected chi connectivity index (χ4v) is 3.96. The summed E-state index contributed by atoms with van der Waals surface area (Å²) in [5, 5.41) is 6.95. The Morgan fingerprint density at radius 2 is 1.96 bits per heavy atom. The Kier molecular flexibility index (Phi) is 8.70. The summed E-state index contributed by atoms with van der Waals surface area (Å²) in [6.07, 6.45) is 2.29. The highest BCUT2D eigenvalue weighted by Gasteiger charge is 2.21. The number of likely N-dealkylation sites (tertiary alicyclic amines) is 1. The average molecular weight is 441 g/mol. The highest BCUT2D eigenvalue weighted by Crippen LogP contribution is 2.36. The van der Waals surface area contributed by atoms with Crippen molar-refractivity contribution in [3.8, 4) is 11.5 Å². The first-order chi connectivity index (χ1) is 13.0. The third kappa shape index (κ3) is 6.28. The quantitative estimate of drug-likeness (QED) is 0.502. The van der Waals surface area contributed by atoms with Gasteiger partial charge in [-0.05, 0) is 67.2 Å². The van der Waals surface area contributed by atoms with Crippen molar-refractivity contribution in [2.45, 2.75) is 52.2 Å². The number of nitrogens with zero attached hydrogens (tertiary/aromatic N) is 2. The van der Waals surface area contributed by atoms with Gasteiger partial charge in [0.2, 0.25) is 0 Å². The van der Waals surface area contributed by atoms with Gasteiger partial charge in [0.15, 0.2) is 17.5 Å². The lowest BCUT2D eigenvalue weighted by Gasteiger charge is -2.35. The van der Waals surface area contributed by atoms with Gasteiger partial charge in [0.25, 0.3) is 0 Å². The molecule has 0 atom stereocenters. The summed E-state index contributed by atoms with van der Waals surface area (Å²) in [6, 6.07) is 5.08. The van der Waals surface area contributed by atoms with Gasteiger partial charge in [-0.2, -0.15) is 0 Å². The molecule has 152 valence electrons. The number of nitrogens with one attached hydrogen (secondary N) is 2. The van der Waals surface area contributed by atoms with Crippen LogP contribution in [0.2, 0.25) is 0 Å². The number of ether oxygens (including phenoxy) is 2. The van der Waals surface area contributed by atoms with E-state index in [1.165, 1.54) is 0 Å². The average Bonchev–Trinajstić information content (AvgIpc) is 2.66. The maximum absolute atomic E-state index is 5.42. The molecule has 27 heavy (non-hydrogen) atoms. The molecule has 2 rings (SSSR count). The summed E-state index contributed by atoms with van der Waals surface area (Å²) in [5.74, 6) is 2.27. The van der Waals surface area contributed by atoms with Crippen molar-refractivity contribution in [1.82, 2.24) is 15.5 Å². The van der Waals surface area contributed by atoms with E-state index in [4.69, 9.17) is 14.5 Å². The Morgan fingerprint density at radius 1 is 1.26 bits per heavy atom. The molecule has 7 heteroatoms. The molecule has 0 aromatic heterocycles. The normalized spacial score (nSPS) is 16.5. The number of benzene rings is 1. The summed E-state index contributed by atoms with van der Waals surface area (Å²) >= 11 is 3.54. The Labute approximate surface area is 171 Å². The lowest BCUT2D eigenvalue weighted by Crippen LogP contribution is -2.49. The molecule has 1 aromatic rings. The minimum Gasteiger partial charge on any atom is -0.493 e. The molecule has 6 nitrogen and oxygen atoms in total. The highest BCUT2D eigenvalue weighted by atomic mass is 79.9. The second kappa shape index (κ2) is 10.8. The molecule has 2 N–H and O–H groups in total. The number of halogens is 1. The van der Waals surface area contributed by atoms with Crippen molar-refractivity contribution < 1.29 is 9.47 Å². The van der Waals surface area contributed by atoms with Crippen molar-refractivity contribution in [3.63, 3.8) is 0 Å². The standard InChI is InChI=1S/C20H33BrN4O2/c1-6-22-20(24-16-7-9-25(10-8-16)14(2)3)23-13-15-11-17(21)19(27-5)18(12-15)26-4/h11-12,14,16H,6-10,13H2,1-5H3,(H2,22,23,24). The fraction of sp³-hybridized carbons (Fsp3) is 0.650. The van der Waals surface area contributed by atoms with Crippen LogP contribution in [0.1, 0.15) is 39.2 Å². The Balaban J connectivity index is 2.02. The van der Waals surface area contributed by atoms with E-state index in [2.05, 4.69) is 52.2 Å². The molecule has 1 aromatic carbocycles. The molecule has 1 aliphatic heterocycles. The van der Waals surface area contributed by atoms with Crippen molar-refractivity contribution in [2.24, 2.45) is 4.99 Å². The van der Waals surface area contributed by atoms with E-state index in [9.17, 15) is 0 Å². The summed E-state index contributed by atoms with van der Waals surface area (Å²) in [7, 11) is 3.28. The zero-order chi connectivity index (χ0) is 19.8. The van der Waals surface area contributed by atoms with Crippen LogP contribution < -0.4 is 20.1 Å². The number of piperidine rings is 1. The second-order valence-corrected chi connectivity index (χ2v) is 7.91. The fourth-order valence-electron chi connectivity index (χ4n) is 3.31. The van der Waals surface area contributed by atoms with Gasteiger partial charge in [-0.15, -0.1) is 0 Å². The monoisotopic (exact) mass is 440 g/mol. The van der Waals surface area contributed by atoms with Gasteiger partial charge in [-0.25, -0.2) is 4.99 Å². The summed E-state index contributed by atoms with van der Waals surface area (Å²) in [4.78, 5) is 7.30. The van der Waals surface area contributed by atoms with Gasteiger partial charge in [0.05, 0.1) is 25.2 Å². The molecule has 0 spiro atoms. The smallest absolute Gasteiger partial charge is 0.191 e. The minimum absolute atomic E-state index is 0.468. The van der Waals surface area contributed by atoms with Crippen molar-refractivity contribution >= 4 is 21.9 Å². The first-order valence-electron chi connectivity index (χ1n) is 9.67. The Morgan fingerprint density at radius 3 is 2.52 bits per heavy atom. The number of hydrogen-bond acceptors (Lipinski definition) is 4. The molecule has 0 saturated carbocycles. The molecule has 0 amide bonds. The first-order valence-corrected chi connectivity index (χ1v) is 10.5. The van der Waals surface area contributed by atoms with Crippen LogP contribution >= 0.6 is 15.9 Å². The zero-order valence-corrected chi connectivity index (χ0v) is 18.7. The van der Waals surface area contributed by atoms with E-state index < -0.39 is 0 Å². The number of rotatable bonds is 7. The van der Waals surface area contributed by atoms with Gasteiger partial charge >= 0.3 is 0 Å². The minimum atomic E-state index is 0.468. The van der Waals surface area contributed by atoms with Gasteiger partial charge < -0.3 is 25.0 Å². The third-order valence-corrected chi connectivity index (χ3v) is 5.45. The van der Waals surface area contributed by atoms with Gasteiger partial charge in [0.1, 0.15) is 0 Å². The zero-order valence-electron chi connectivity index (χ0n) is 17.1. The molecule has 1 aliphatic rings. The van der Waals surface area contributed by atoms with E-state index in [0.717, 1.165) is 48.5 Å². The molecule has 0 aliphatic carbocycles. The van der Waals surface area contributed by atoms with E-state index >= 15 is 0 Å². The van der Waals surface area contributed by atoms with Crippen LogP contribution in [0.25, 0.3) is 0 Å². The topological polar surface area (TPSA) is 58.1 Å². The van der Waals surface area contributed by atoms with Crippen molar-refractivity contribution in [1.29, 1.82) is 0 Å². The van der Waals surface area contributed by atoms with E-state index in [0.29, 0.717) is 30.1 Å². The predicted molar refractivity (Wildman–Crippen MR) is 115 cm³/mol. The number of methoxy groups -OCH3 is 2. The van der Waals surface area contributed by atoms with Crippen LogP contribution in [0.5, 0.6) is 11.5 Å². The number of hydrogen-bond donors (Lipinski definition) is 2. The van der Waals surface area contributed by atoms with Crippen LogP contribution in [-0.4, -0.2) is 56.8 Å². The van der Waals surface area contributed by atoms with Crippen molar-refractivity contribution in [2.75, 3.05) is 33.9 Å². The summed E-state index contributed by atoms with van der Waals surface area (Å²) in [6.45, 7) is 10.3. The Bertz CT molecular complexity index is 629. The number of aliphatic imine (C=N–C) groups is 1. The van der Waals surface area contributed by atoms with Gasteiger partial charge in [-0.3, -0.25) is 0 Å². The van der Waals surface area contributed by atoms with E-state index in [-0.39, 0.29) is 0 Å². The van der Waals surface area contributed by atoms with Crippen LogP contribution in [0.4, 0.5) is 0 Å². The highest BCUT2D eigenvalue weighted by molar-refractivity contribution is 9.10.